The van der Waals surface area contributed by atoms with Crippen LogP contribution in [0.5, 0.6) is 5.75 Å². The quantitative estimate of drug-likeness (QED) is 0.357. The summed E-state index contributed by atoms with van der Waals surface area (Å²) in [4.78, 5) is 10.6. The number of ether oxygens (including phenoxy) is 1. The minimum absolute atomic E-state index is 0.0303. The Hall–Kier alpha value is -3.19. The average Bonchev–Trinajstić information content (AvgIpc) is 3.19. The van der Waals surface area contributed by atoms with Gasteiger partial charge in [0, 0.05) is 34.2 Å². The second kappa shape index (κ2) is 7.25. The third kappa shape index (κ3) is 3.25. The standard InChI is InChI=1S/C23H18BrN3O3/c1-14-2-4-15(5-3-14)20-13-21-19-12-17(24)8-11-22(19)30-23(26(21)25-20)16-6-9-18(10-7-16)27(28)29/h2-12,21,23H,13H2,1H3/t21-,23-/m0/s1. The molecule has 0 saturated carbocycles. The van der Waals surface area contributed by atoms with Gasteiger partial charge in [-0.2, -0.15) is 5.10 Å². The molecule has 0 unspecified atom stereocenters. The van der Waals surface area contributed by atoms with E-state index in [1.165, 1.54) is 17.7 Å². The van der Waals surface area contributed by atoms with Crippen molar-refractivity contribution in [3.8, 4) is 5.75 Å². The molecule has 3 aromatic carbocycles. The molecule has 3 aromatic rings. The predicted octanol–water partition coefficient (Wildman–Crippen LogP) is 5.91. The highest BCUT2D eigenvalue weighted by molar-refractivity contribution is 9.10. The van der Waals surface area contributed by atoms with Gasteiger partial charge in [0.25, 0.3) is 5.69 Å². The molecule has 6 nitrogen and oxygen atoms in total. The van der Waals surface area contributed by atoms with Crippen molar-refractivity contribution in [2.75, 3.05) is 0 Å². The zero-order chi connectivity index (χ0) is 20.8. The zero-order valence-electron chi connectivity index (χ0n) is 16.2. The molecule has 0 N–H and O–H groups in total. The number of non-ortho nitro benzene ring substituents is 1. The Morgan fingerprint density at radius 1 is 1.10 bits per heavy atom. The summed E-state index contributed by atoms with van der Waals surface area (Å²) in [6.45, 7) is 2.07. The highest BCUT2D eigenvalue weighted by Crippen LogP contribution is 2.48. The Balaban J connectivity index is 1.57. The molecule has 2 aliphatic heterocycles. The summed E-state index contributed by atoms with van der Waals surface area (Å²) >= 11 is 3.56. The topological polar surface area (TPSA) is 68.0 Å². The van der Waals surface area contributed by atoms with Gasteiger partial charge in [-0.15, -0.1) is 0 Å². The number of hydrogen-bond acceptors (Lipinski definition) is 5. The van der Waals surface area contributed by atoms with E-state index in [1.54, 1.807) is 12.1 Å². The maximum absolute atomic E-state index is 11.0. The van der Waals surface area contributed by atoms with E-state index in [0.717, 1.165) is 39.0 Å². The first-order valence-electron chi connectivity index (χ1n) is 9.63. The number of aryl methyl sites for hydroxylation is 1. The summed E-state index contributed by atoms with van der Waals surface area (Å²) in [6.07, 6.45) is 0.312. The molecule has 0 amide bonds. The lowest BCUT2D eigenvalue weighted by atomic mass is 9.95. The maximum Gasteiger partial charge on any atom is 0.269 e. The normalized spacial score (nSPS) is 19.5. The van der Waals surface area contributed by atoms with Crippen LogP contribution >= 0.6 is 15.9 Å². The van der Waals surface area contributed by atoms with Gasteiger partial charge in [-0.25, -0.2) is 5.01 Å². The zero-order valence-corrected chi connectivity index (χ0v) is 17.7. The Morgan fingerprint density at radius 3 is 2.53 bits per heavy atom. The van der Waals surface area contributed by atoms with Gasteiger partial charge in [0.15, 0.2) is 0 Å². The van der Waals surface area contributed by atoms with Crippen LogP contribution in [0.25, 0.3) is 0 Å². The van der Waals surface area contributed by atoms with E-state index in [1.807, 2.05) is 17.1 Å². The molecule has 2 atom stereocenters. The van der Waals surface area contributed by atoms with E-state index in [9.17, 15) is 10.1 Å². The fourth-order valence-electron chi connectivity index (χ4n) is 3.96. The van der Waals surface area contributed by atoms with Crippen LogP contribution in [0, 0.1) is 17.0 Å². The van der Waals surface area contributed by atoms with Gasteiger partial charge in [0.2, 0.25) is 6.23 Å². The molecule has 0 radical (unpaired) electrons. The Kier molecular flexibility index (Phi) is 4.55. The molecular formula is C23H18BrN3O3. The van der Waals surface area contributed by atoms with Crippen molar-refractivity contribution < 1.29 is 9.66 Å². The van der Waals surface area contributed by atoms with Crippen LogP contribution in [0.4, 0.5) is 5.69 Å². The number of nitro benzene ring substituents is 1. The minimum atomic E-state index is -0.451. The third-order valence-corrected chi connectivity index (χ3v) is 6.02. The van der Waals surface area contributed by atoms with Crippen molar-refractivity contribution in [2.45, 2.75) is 25.6 Å². The van der Waals surface area contributed by atoms with E-state index >= 15 is 0 Å². The van der Waals surface area contributed by atoms with Crippen LogP contribution in [0.3, 0.4) is 0 Å². The highest BCUT2D eigenvalue weighted by atomic mass is 79.9. The molecule has 0 saturated heterocycles. The summed E-state index contributed by atoms with van der Waals surface area (Å²) in [6, 6.07) is 20.9. The molecule has 2 aliphatic rings. The molecule has 0 spiro atoms. The second-order valence-corrected chi connectivity index (χ2v) is 8.43. The van der Waals surface area contributed by atoms with Gasteiger partial charge in [0.1, 0.15) is 5.75 Å². The number of benzene rings is 3. The molecule has 2 heterocycles. The number of nitro groups is 1. The summed E-state index contributed by atoms with van der Waals surface area (Å²) in [5.41, 5.74) is 5.26. The molecule has 0 aromatic heterocycles. The highest BCUT2D eigenvalue weighted by Gasteiger charge is 2.41. The van der Waals surface area contributed by atoms with Crippen molar-refractivity contribution in [3.05, 3.63) is 104 Å². The fraction of sp³-hybridized carbons (Fsp3) is 0.174. The lowest BCUT2D eigenvalue weighted by molar-refractivity contribution is -0.384. The molecule has 0 bridgehead atoms. The van der Waals surface area contributed by atoms with E-state index in [-0.39, 0.29) is 11.7 Å². The van der Waals surface area contributed by atoms with Crippen molar-refractivity contribution in [3.63, 3.8) is 0 Å². The Morgan fingerprint density at radius 2 is 1.83 bits per heavy atom. The van der Waals surface area contributed by atoms with Crippen LogP contribution in [0.1, 0.15) is 40.9 Å². The smallest absolute Gasteiger partial charge is 0.269 e. The van der Waals surface area contributed by atoms with Gasteiger partial charge >= 0.3 is 0 Å². The van der Waals surface area contributed by atoms with Crippen molar-refractivity contribution >= 4 is 27.3 Å². The van der Waals surface area contributed by atoms with Gasteiger partial charge in [-0.1, -0.05) is 45.8 Å². The van der Waals surface area contributed by atoms with Crippen molar-refractivity contribution in [1.82, 2.24) is 5.01 Å². The first kappa shape index (κ1) is 18.8. The third-order valence-electron chi connectivity index (χ3n) is 5.53. The first-order chi connectivity index (χ1) is 14.5. The maximum atomic E-state index is 11.0. The number of halogens is 1. The lowest BCUT2D eigenvalue weighted by Crippen LogP contribution is -2.33. The van der Waals surface area contributed by atoms with Crippen molar-refractivity contribution in [1.29, 1.82) is 0 Å². The van der Waals surface area contributed by atoms with Crippen LogP contribution in [0.2, 0.25) is 0 Å². The van der Waals surface area contributed by atoms with E-state index in [0.29, 0.717) is 0 Å². The molecule has 30 heavy (non-hydrogen) atoms. The molecule has 7 heteroatoms. The monoisotopic (exact) mass is 463 g/mol. The lowest BCUT2D eigenvalue weighted by Gasteiger charge is -2.38. The molecule has 5 rings (SSSR count). The number of hydrogen-bond donors (Lipinski definition) is 0. The van der Waals surface area contributed by atoms with E-state index in [4.69, 9.17) is 9.84 Å². The second-order valence-electron chi connectivity index (χ2n) is 7.51. The largest absolute Gasteiger partial charge is 0.464 e. The number of rotatable bonds is 3. The number of hydrazone groups is 1. The summed E-state index contributed by atoms with van der Waals surface area (Å²) < 4.78 is 7.31. The Labute approximate surface area is 182 Å². The first-order valence-corrected chi connectivity index (χ1v) is 10.4. The average molecular weight is 464 g/mol. The SMILES string of the molecule is Cc1ccc(C2=NN3[C@@H](C2)c2cc(Br)ccc2O[C@H]3c2ccc([N+](=O)[O-])cc2)cc1. The fourth-order valence-corrected chi connectivity index (χ4v) is 4.34. The van der Waals surface area contributed by atoms with Crippen molar-refractivity contribution in [2.24, 2.45) is 5.10 Å². The van der Waals surface area contributed by atoms with Crippen LogP contribution in [-0.2, 0) is 0 Å². The van der Waals surface area contributed by atoms with Crippen LogP contribution in [0.15, 0.2) is 76.3 Å². The number of nitrogens with zero attached hydrogens (tertiary/aromatic N) is 3. The van der Waals surface area contributed by atoms with Gasteiger partial charge in [-0.05, 0) is 42.8 Å². The van der Waals surface area contributed by atoms with Crippen LogP contribution < -0.4 is 4.74 Å². The van der Waals surface area contributed by atoms with E-state index < -0.39 is 11.2 Å². The van der Waals surface area contributed by atoms with E-state index in [2.05, 4.69) is 53.2 Å². The van der Waals surface area contributed by atoms with Gasteiger partial charge < -0.3 is 4.74 Å². The molecule has 0 aliphatic carbocycles. The minimum Gasteiger partial charge on any atom is -0.464 e. The summed E-state index contributed by atoms with van der Waals surface area (Å²) in [5.74, 6) is 0.808. The molecular weight excluding hydrogens is 446 g/mol. The molecule has 150 valence electrons. The van der Waals surface area contributed by atoms with Gasteiger partial charge in [-0.3, -0.25) is 10.1 Å². The summed E-state index contributed by atoms with van der Waals surface area (Å²) in [5, 5.41) is 17.9. The predicted molar refractivity (Wildman–Crippen MR) is 118 cm³/mol. The van der Waals surface area contributed by atoms with Gasteiger partial charge in [0.05, 0.1) is 16.7 Å². The Bertz CT molecular complexity index is 1160. The van der Waals surface area contributed by atoms with Crippen LogP contribution in [-0.4, -0.2) is 15.6 Å². The number of fused-ring (bicyclic) bond motifs is 3. The molecule has 0 fully saturated rings. The summed E-state index contributed by atoms with van der Waals surface area (Å²) in [7, 11) is 0.